The van der Waals surface area contributed by atoms with Crippen LogP contribution in [0.25, 0.3) is 11.3 Å². The average molecular weight is 189 g/mol. The van der Waals surface area contributed by atoms with Crippen molar-refractivity contribution in [3.05, 3.63) is 53.7 Å². The van der Waals surface area contributed by atoms with Gasteiger partial charge in [0.15, 0.2) is 0 Å². The summed E-state index contributed by atoms with van der Waals surface area (Å²) in [6, 6.07) is 14.3. The van der Waals surface area contributed by atoms with Crippen LogP contribution in [0.15, 0.2) is 42.6 Å². The molecule has 1 nitrogen and oxygen atoms in total. The molecule has 1 aromatic heterocycles. The molecule has 0 N–H and O–H groups in total. The van der Waals surface area contributed by atoms with Crippen LogP contribution >= 0.6 is 11.6 Å². The molecule has 0 unspecified atom stereocenters. The summed E-state index contributed by atoms with van der Waals surface area (Å²) < 4.78 is 0. The molecule has 2 rings (SSSR count). The zero-order chi connectivity index (χ0) is 9.10. The van der Waals surface area contributed by atoms with Gasteiger partial charge >= 0.3 is 0 Å². The van der Waals surface area contributed by atoms with Crippen LogP contribution < -0.4 is 0 Å². The van der Waals surface area contributed by atoms with Gasteiger partial charge in [-0.25, -0.2) is 0 Å². The first-order valence-corrected chi connectivity index (χ1v) is 4.33. The molecule has 2 aromatic rings. The highest BCUT2D eigenvalue weighted by molar-refractivity contribution is 6.30. The van der Waals surface area contributed by atoms with Gasteiger partial charge < -0.3 is 0 Å². The summed E-state index contributed by atoms with van der Waals surface area (Å²) >= 11 is 5.85. The highest BCUT2D eigenvalue weighted by Crippen LogP contribution is 2.19. The van der Waals surface area contributed by atoms with Crippen molar-refractivity contribution in [2.24, 2.45) is 0 Å². The second-order valence-electron chi connectivity index (χ2n) is 2.64. The third-order valence-electron chi connectivity index (χ3n) is 1.70. The highest BCUT2D eigenvalue weighted by atomic mass is 35.5. The van der Waals surface area contributed by atoms with E-state index in [9.17, 15) is 0 Å². The molecule has 0 amide bonds. The van der Waals surface area contributed by atoms with Gasteiger partial charge in [-0.1, -0.05) is 23.7 Å². The van der Waals surface area contributed by atoms with Crippen LogP contribution in [-0.4, -0.2) is 4.98 Å². The van der Waals surface area contributed by atoms with E-state index in [0.717, 1.165) is 11.3 Å². The van der Waals surface area contributed by atoms with E-state index in [1.807, 2.05) is 24.3 Å². The summed E-state index contributed by atoms with van der Waals surface area (Å²) in [4.78, 5) is 4.20. The third kappa shape index (κ3) is 1.87. The van der Waals surface area contributed by atoms with Gasteiger partial charge in [-0.3, -0.25) is 4.98 Å². The molecular weight excluding hydrogens is 182 g/mol. The fourth-order valence-electron chi connectivity index (χ4n) is 1.11. The first-order valence-electron chi connectivity index (χ1n) is 3.95. The Hall–Kier alpha value is -1.34. The molecule has 0 atom stereocenters. The summed E-state index contributed by atoms with van der Waals surface area (Å²) in [6.45, 7) is 0. The molecule has 0 aliphatic rings. The van der Waals surface area contributed by atoms with Crippen molar-refractivity contribution >= 4 is 11.6 Å². The maximum Gasteiger partial charge on any atom is 0.0708 e. The molecule has 0 saturated carbocycles. The van der Waals surface area contributed by atoms with E-state index in [4.69, 9.17) is 11.6 Å². The van der Waals surface area contributed by atoms with E-state index in [-0.39, 0.29) is 0 Å². The molecule has 0 aliphatic heterocycles. The normalized spacial score (nSPS) is 9.92. The van der Waals surface area contributed by atoms with Crippen LogP contribution in [0.3, 0.4) is 0 Å². The van der Waals surface area contributed by atoms with Gasteiger partial charge in [0, 0.05) is 16.8 Å². The molecule has 0 fully saturated rings. The van der Waals surface area contributed by atoms with Crippen molar-refractivity contribution in [1.82, 2.24) is 4.98 Å². The van der Waals surface area contributed by atoms with Crippen molar-refractivity contribution < 1.29 is 0 Å². The monoisotopic (exact) mass is 188 g/mol. The lowest BCUT2D eigenvalue weighted by molar-refractivity contribution is 1.32. The zero-order valence-electron chi connectivity index (χ0n) is 6.87. The van der Waals surface area contributed by atoms with Crippen LogP contribution in [-0.2, 0) is 0 Å². The van der Waals surface area contributed by atoms with Crippen LogP contribution in [0.5, 0.6) is 0 Å². The van der Waals surface area contributed by atoms with E-state index < -0.39 is 0 Å². The molecule has 1 radical (unpaired) electrons. The molecule has 2 heteroatoms. The highest BCUT2D eigenvalue weighted by Gasteiger charge is 1.97. The van der Waals surface area contributed by atoms with E-state index in [2.05, 4.69) is 11.1 Å². The van der Waals surface area contributed by atoms with Crippen molar-refractivity contribution in [3.8, 4) is 11.3 Å². The number of rotatable bonds is 1. The molecule has 0 saturated heterocycles. The Bertz CT molecular complexity index is 398. The van der Waals surface area contributed by atoms with Crippen molar-refractivity contribution in [2.75, 3.05) is 0 Å². The lowest BCUT2D eigenvalue weighted by atomic mass is 10.1. The Morgan fingerprint density at radius 2 is 2.15 bits per heavy atom. The Morgan fingerprint density at radius 1 is 1.23 bits per heavy atom. The number of benzene rings is 1. The first-order chi connectivity index (χ1) is 6.36. The van der Waals surface area contributed by atoms with Crippen molar-refractivity contribution in [3.63, 3.8) is 0 Å². The molecule has 63 valence electrons. The van der Waals surface area contributed by atoms with E-state index in [1.165, 1.54) is 0 Å². The number of aromatic nitrogens is 1. The summed E-state index contributed by atoms with van der Waals surface area (Å²) in [6.07, 6.45) is 1.75. The zero-order valence-corrected chi connectivity index (χ0v) is 7.62. The van der Waals surface area contributed by atoms with E-state index >= 15 is 0 Å². The van der Waals surface area contributed by atoms with Crippen LogP contribution in [0, 0.1) is 6.07 Å². The number of nitrogens with zero attached hydrogens (tertiary/aromatic N) is 1. The maximum absolute atomic E-state index is 5.85. The Kier molecular flexibility index (Phi) is 2.28. The standard InChI is InChI=1S/C11H7ClN/c12-10-5-3-4-9(8-10)11-6-1-2-7-13-11/h1-3,5-8H. The predicted molar refractivity (Wildman–Crippen MR) is 53.5 cm³/mol. The minimum atomic E-state index is 0.708. The molecule has 1 aromatic carbocycles. The number of hydrogen-bond donors (Lipinski definition) is 0. The molecule has 13 heavy (non-hydrogen) atoms. The van der Waals surface area contributed by atoms with Gasteiger partial charge in [0.1, 0.15) is 0 Å². The number of pyridine rings is 1. The largest absolute Gasteiger partial charge is 0.256 e. The van der Waals surface area contributed by atoms with Gasteiger partial charge in [0.25, 0.3) is 0 Å². The first kappa shape index (κ1) is 8.27. The van der Waals surface area contributed by atoms with Gasteiger partial charge in [-0.15, -0.1) is 0 Å². The van der Waals surface area contributed by atoms with Crippen molar-refractivity contribution in [2.45, 2.75) is 0 Å². The molecule has 0 bridgehead atoms. The molecular formula is C11H7ClN. The summed E-state index contributed by atoms with van der Waals surface area (Å²) in [5.41, 5.74) is 1.82. The van der Waals surface area contributed by atoms with E-state index in [0.29, 0.717) is 5.02 Å². The summed E-state index contributed by atoms with van der Waals surface area (Å²) in [5.74, 6) is 0. The van der Waals surface area contributed by atoms with Gasteiger partial charge in [-0.2, -0.15) is 0 Å². The van der Waals surface area contributed by atoms with E-state index in [1.54, 1.807) is 18.3 Å². The lowest BCUT2D eigenvalue weighted by Gasteiger charge is -1.98. The van der Waals surface area contributed by atoms with Gasteiger partial charge in [0.05, 0.1) is 5.69 Å². The molecule has 1 heterocycles. The van der Waals surface area contributed by atoms with Gasteiger partial charge in [0.2, 0.25) is 0 Å². The van der Waals surface area contributed by atoms with Gasteiger partial charge in [-0.05, 0) is 30.3 Å². The second kappa shape index (κ2) is 3.58. The minimum Gasteiger partial charge on any atom is -0.256 e. The third-order valence-corrected chi connectivity index (χ3v) is 1.94. The average Bonchev–Trinajstić information content (AvgIpc) is 2.19. The SMILES string of the molecule is Clc1cc[c]c(-c2ccccn2)c1. The maximum atomic E-state index is 5.85. The summed E-state index contributed by atoms with van der Waals surface area (Å²) in [5, 5.41) is 0.708. The van der Waals surface area contributed by atoms with Crippen LogP contribution in [0.4, 0.5) is 0 Å². The smallest absolute Gasteiger partial charge is 0.0708 e. The minimum absolute atomic E-state index is 0.708. The summed E-state index contributed by atoms with van der Waals surface area (Å²) in [7, 11) is 0. The lowest BCUT2D eigenvalue weighted by Crippen LogP contribution is -1.81. The van der Waals surface area contributed by atoms with Crippen molar-refractivity contribution in [1.29, 1.82) is 0 Å². The van der Waals surface area contributed by atoms with Crippen LogP contribution in [0.1, 0.15) is 0 Å². The fourth-order valence-corrected chi connectivity index (χ4v) is 1.28. The number of hydrogen-bond acceptors (Lipinski definition) is 1. The Balaban J connectivity index is 2.48. The second-order valence-corrected chi connectivity index (χ2v) is 3.07. The molecule has 0 spiro atoms. The van der Waals surface area contributed by atoms with Crippen LogP contribution in [0.2, 0.25) is 5.02 Å². The molecule has 0 aliphatic carbocycles. The number of halogens is 1. The predicted octanol–water partition coefficient (Wildman–Crippen LogP) is 3.20. The fraction of sp³-hybridized carbons (Fsp3) is 0. The topological polar surface area (TPSA) is 12.9 Å². The Labute approximate surface area is 82.0 Å². The quantitative estimate of drug-likeness (QED) is 0.670. The Morgan fingerprint density at radius 3 is 2.85 bits per heavy atom.